The third-order valence-corrected chi connectivity index (χ3v) is 7.57. The number of hydrogen-bond donors (Lipinski definition) is 0. The summed E-state index contributed by atoms with van der Waals surface area (Å²) in [4.78, 5) is 4.68. The second-order valence-electron chi connectivity index (χ2n) is 9.44. The molecule has 3 unspecified atom stereocenters. The minimum Gasteiger partial charge on any atom is -0.380 e. The van der Waals surface area contributed by atoms with Crippen molar-refractivity contribution in [2.75, 3.05) is 39.5 Å². The zero-order valence-electron chi connectivity index (χ0n) is 17.0. The van der Waals surface area contributed by atoms with Crippen LogP contribution in [0.2, 0.25) is 0 Å². The Bertz CT molecular complexity index is 524. The number of hydrogen-bond acceptors (Lipinski definition) is 4. The van der Waals surface area contributed by atoms with Crippen LogP contribution in [0.4, 0.5) is 8.78 Å². The predicted molar refractivity (Wildman–Crippen MR) is 102 cm³/mol. The lowest BCUT2D eigenvalue weighted by Gasteiger charge is -2.36. The standard InChI is InChI=1S/C21H36F2N2O2/c1-3-26-14-21-7-5-19(25(21)13-18(23)11-21)9-16(2)27-15-20-6-4-8-24(20)12-17(22)10-20/h16-19H,3-15H2,1-2H3/t16?,17-,18-,19?,20-,21?/m1/s1. The number of halogens is 2. The smallest absolute Gasteiger partial charge is 0.115 e. The summed E-state index contributed by atoms with van der Waals surface area (Å²) in [7, 11) is 0. The fraction of sp³-hybridized carbons (Fsp3) is 1.00. The molecule has 0 saturated carbocycles. The highest BCUT2D eigenvalue weighted by Crippen LogP contribution is 2.45. The molecule has 4 rings (SSSR count). The van der Waals surface area contributed by atoms with Crippen LogP contribution in [0.25, 0.3) is 0 Å². The molecule has 0 N–H and O–H groups in total. The third-order valence-electron chi connectivity index (χ3n) is 7.57. The Morgan fingerprint density at radius 2 is 1.85 bits per heavy atom. The molecule has 4 fully saturated rings. The van der Waals surface area contributed by atoms with Crippen LogP contribution in [0.1, 0.15) is 58.8 Å². The van der Waals surface area contributed by atoms with E-state index in [1.807, 2.05) is 6.92 Å². The molecule has 4 aliphatic rings. The number of nitrogens with zero attached hydrogens (tertiary/aromatic N) is 2. The number of ether oxygens (including phenoxy) is 2. The molecule has 0 spiro atoms. The fourth-order valence-corrected chi connectivity index (χ4v) is 6.32. The molecule has 0 aromatic carbocycles. The molecule has 0 bridgehead atoms. The highest BCUT2D eigenvalue weighted by atomic mass is 19.1. The van der Waals surface area contributed by atoms with Crippen LogP contribution in [-0.2, 0) is 9.47 Å². The van der Waals surface area contributed by atoms with Crippen LogP contribution >= 0.6 is 0 Å². The van der Waals surface area contributed by atoms with E-state index in [1.165, 1.54) is 0 Å². The summed E-state index contributed by atoms with van der Waals surface area (Å²) in [5.74, 6) is 0. The van der Waals surface area contributed by atoms with Crippen molar-refractivity contribution in [3.05, 3.63) is 0 Å². The van der Waals surface area contributed by atoms with Gasteiger partial charge >= 0.3 is 0 Å². The lowest BCUT2D eigenvalue weighted by molar-refractivity contribution is -0.0242. The van der Waals surface area contributed by atoms with Crippen molar-refractivity contribution >= 4 is 0 Å². The van der Waals surface area contributed by atoms with E-state index in [0.717, 1.165) is 38.6 Å². The van der Waals surface area contributed by atoms with Gasteiger partial charge in [0.25, 0.3) is 0 Å². The van der Waals surface area contributed by atoms with Gasteiger partial charge in [0.1, 0.15) is 12.3 Å². The average molecular weight is 387 g/mol. The Morgan fingerprint density at radius 1 is 1.07 bits per heavy atom. The maximum atomic E-state index is 14.2. The minimum atomic E-state index is -0.740. The van der Waals surface area contributed by atoms with Gasteiger partial charge in [-0.1, -0.05) is 0 Å². The van der Waals surface area contributed by atoms with Gasteiger partial charge in [-0.2, -0.15) is 0 Å². The van der Waals surface area contributed by atoms with E-state index in [9.17, 15) is 8.78 Å². The quantitative estimate of drug-likeness (QED) is 0.639. The molecule has 4 nitrogen and oxygen atoms in total. The first-order valence-corrected chi connectivity index (χ1v) is 11.0. The first-order valence-electron chi connectivity index (χ1n) is 11.0. The summed E-state index contributed by atoms with van der Waals surface area (Å²) < 4.78 is 40.1. The van der Waals surface area contributed by atoms with Gasteiger partial charge < -0.3 is 9.47 Å². The van der Waals surface area contributed by atoms with Crippen molar-refractivity contribution in [2.24, 2.45) is 0 Å². The second kappa shape index (κ2) is 7.85. The summed E-state index contributed by atoms with van der Waals surface area (Å²) in [6.45, 7) is 8.21. The molecule has 0 amide bonds. The highest BCUT2D eigenvalue weighted by Gasteiger charge is 2.53. The van der Waals surface area contributed by atoms with E-state index in [4.69, 9.17) is 9.47 Å². The van der Waals surface area contributed by atoms with E-state index >= 15 is 0 Å². The number of rotatable bonds is 8. The van der Waals surface area contributed by atoms with Gasteiger partial charge in [-0.15, -0.1) is 0 Å². The van der Waals surface area contributed by atoms with E-state index in [-0.39, 0.29) is 17.2 Å². The molecule has 4 saturated heterocycles. The van der Waals surface area contributed by atoms with E-state index in [1.54, 1.807) is 0 Å². The van der Waals surface area contributed by atoms with Gasteiger partial charge in [0.05, 0.1) is 19.3 Å². The Labute approximate surface area is 162 Å². The van der Waals surface area contributed by atoms with Crippen molar-refractivity contribution in [1.82, 2.24) is 9.80 Å². The molecule has 0 radical (unpaired) electrons. The second-order valence-corrected chi connectivity index (χ2v) is 9.44. The monoisotopic (exact) mass is 386 g/mol. The van der Waals surface area contributed by atoms with E-state index in [0.29, 0.717) is 51.8 Å². The van der Waals surface area contributed by atoms with Gasteiger partial charge in [-0.25, -0.2) is 8.78 Å². The van der Waals surface area contributed by atoms with Crippen molar-refractivity contribution < 1.29 is 18.3 Å². The zero-order valence-corrected chi connectivity index (χ0v) is 17.0. The molecule has 0 aromatic rings. The molecule has 4 aliphatic heterocycles. The van der Waals surface area contributed by atoms with Crippen molar-refractivity contribution in [2.45, 2.75) is 94.4 Å². The van der Waals surface area contributed by atoms with Crippen LogP contribution in [-0.4, -0.2) is 84.8 Å². The molecule has 6 heteroatoms. The van der Waals surface area contributed by atoms with Crippen molar-refractivity contribution in [3.63, 3.8) is 0 Å². The number of alkyl halides is 2. The molecule has 0 aromatic heterocycles. The minimum absolute atomic E-state index is 0.0697. The molecule has 4 heterocycles. The Balaban J connectivity index is 1.31. The first kappa shape index (κ1) is 20.0. The summed E-state index contributed by atoms with van der Waals surface area (Å²) in [6.07, 6.45) is 5.14. The zero-order chi connectivity index (χ0) is 19.1. The van der Waals surface area contributed by atoms with Gasteiger partial charge in [0, 0.05) is 49.7 Å². The van der Waals surface area contributed by atoms with Crippen LogP contribution in [0.5, 0.6) is 0 Å². The highest BCUT2D eigenvalue weighted by molar-refractivity contribution is 5.08. The van der Waals surface area contributed by atoms with Gasteiger partial charge in [0.15, 0.2) is 0 Å². The van der Waals surface area contributed by atoms with Crippen LogP contribution in [0.15, 0.2) is 0 Å². The SMILES string of the molecule is CCOCC12CCC(CC(C)OC[C@]34CCCN3C[C@H](F)C4)N1C[C@H](F)C2. The lowest BCUT2D eigenvalue weighted by atomic mass is 9.94. The number of fused-ring (bicyclic) bond motifs is 2. The van der Waals surface area contributed by atoms with Gasteiger partial charge in [-0.05, 0) is 52.5 Å². The lowest BCUT2D eigenvalue weighted by Crippen LogP contribution is -2.47. The maximum absolute atomic E-state index is 14.2. The topological polar surface area (TPSA) is 24.9 Å². The van der Waals surface area contributed by atoms with Crippen LogP contribution < -0.4 is 0 Å². The van der Waals surface area contributed by atoms with Crippen molar-refractivity contribution in [3.8, 4) is 0 Å². The van der Waals surface area contributed by atoms with Crippen molar-refractivity contribution in [1.29, 1.82) is 0 Å². The fourth-order valence-electron chi connectivity index (χ4n) is 6.32. The van der Waals surface area contributed by atoms with E-state index < -0.39 is 12.3 Å². The normalized spacial score (nSPS) is 43.3. The summed E-state index contributed by atoms with van der Waals surface area (Å²) >= 11 is 0. The van der Waals surface area contributed by atoms with Gasteiger partial charge in [0.2, 0.25) is 0 Å². The Hall–Kier alpha value is -0.300. The summed E-state index contributed by atoms with van der Waals surface area (Å²) in [5, 5.41) is 0. The molecule has 27 heavy (non-hydrogen) atoms. The van der Waals surface area contributed by atoms with Gasteiger partial charge in [-0.3, -0.25) is 9.80 Å². The first-order chi connectivity index (χ1) is 13.0. The van der Waals surface area contributed by atoms with E-state index in [2.05, 4.69) is 16.7 Å². The third kappa shape index (κ3) is 3.79. The molecular weight excluding hydrogens is 350 g/mol. The molecule has 156 valence electrons. The maximum Gasteiger partial charge on any atom is 0.115 e. The Morgan fingerprint density at radius 3 is 2.67 bits per heavy atom. The summed E-state index contributed by atoms with van der Waals surface area (Å²) in [5.41, 5.74) is -0.173. The molecular formula is C21H36F2N2O2. The molecule has 6 atom stereocenters. The van der Waals surface area contributed by atoms with Crippen LogP contribution in [0, 0.1) is 0 Å². The summed E-state index contributed by atoms with van der Waals surface area (Å²) in [6, 6.07) is 0.371. The molecule has 0 aliphatic carbocycles. The largest absolute Gasteiger partial charge is 0.380 e. The van der Waals surface area contributed by atoms with Crippen LogP contribution in [0.3, 0.4) is 0 Å². The Kier molecular flexibility index (Phi) is 5.81. The average Bonchev–Trinajstić information content (AvgIpc) is 3.31. The predicted octanol–water partition coefficient (Wildman–Crippen LogP) is 3.34.